The quantitative estimate of drug-likeness (QED) is 0.736. The first kappa shape index (κ1) is 10.4. The van der Waals surface area contributed by atoms with Gasteiger partial charge in [-0.05, 0) is 12.1 Å². The topological polar surface area (TPSA) is 12.5 Å². The van der Waals surface area contributed by atoms with Gasteiger partial charge in [-0.2, -0.15) is 0 Å². The largest absolute Gasteiger partial charge is 0.372 e. The highest BCUT2D eigenvalue weighted by Gasteiger charge is 2.27. The molecule has 0 saturated heterocycles. The fourth-order valence-corrected chi connectivity index (χ4v) is 2.58. The molecule has 0 atom stereocenters. The maximum atomic E-state index is 5.67. The zero-order valence-corrected chi connectivity index (χ0v) is 10.1. The predicted octanol–water partition coefficient (Wildman–Crippen LogP) is 3.50. The van der Waals surface area contributed by atoms with Crippen molar-refractivity contribution >= 4 is 11.4 Å². The standard InChI is InChI=1S/C15H15NO/c1-16-13-9-5-3-7-11(13)15(17-2)12-8-4-6-10-14(12)16/h3-10,15H,1-2H3. The van der Waals surface area contributed by atoms with Gasteiger partial charge in [0.25, 0.3) is 0 Å². The van der Waals surface area contributed by atoms with Gasteiger partial charge in [0.05, 0.1) is 0 Å². The summed E-state index contributed by atoms with van der Waals surface area (Å²) in [7, 11) is 3.87. The van der Waals surface area contributed by atoms with E-state index in [-0.39, 0.29) is 6.10 Å². The highest BCUT2D eigenvalue weighted by atomic mass is 16.5. The van der Waals surface area contributed by atoms with Crippen LogP contribution in [0.3, 0.4) is 0 Å². The Kier molecular flexibility index (Phi) is 2.37. The second kappa shape index (κ2) is 3.90. The number of methoxy groups -OCH3 is 1. The molecular formula is C15H15NO. The van der Waals surface area contributed by atoms with Gasteiger partial charge in [-0.3, -0.25) is 0 Å². The van der Waals surface area contributed by atoms with Crippen LogP contribution in [0.25, 0.3) is 0 Å². The van der Waals surface area contributed by atoms with E-state index in [0.717, 1.165) is 0 Å². The molecule has 1 aliphatic rings. The van der Waals surface area contributed by atoms with Crippen molar-refractivity contribution in [1.82, 2.24) is 0 Å². The van der Waals surface area contributed by atoms with Gasteiger partial charge in [0.15, 0.2) is 0 Å². The van der Waals surface area contributed by atoms with Crippen LogP contribution in [0.1, 0.15) is 17.2 Å². The van der Waals surface area contributed by atoms with Crippen molar-refractivity contribution in [2.24, 2.45) is 0 Å². The maximum absolute atomic E-state index is 5.67. The molecule has 17 heavy (non-hydrogen) atoms. The Hall–Kier alpha value is -1.80. The van der Waals surface area contributed by atoms with Gasteiger partial charge in [0.1, 0.15) is 6.10 Å². The summed E-state index contributed by atoms with van der Waals surface area (Å²) >= 11 is 0. The highest BCUT2D eigenvalue weighted by molar-refractivity contribution is 5.74. The molecule has 2 nitrogen and oxygen atoms in total. The Morgan fingerprint density at radius 2 is 1.35 bits per heavy atom. The van der Waals surface area contributed by atoms with Crippen LogP contribution in [0.2, 0.25) is 0 Å². The summed E-state index contributed by atoms with van der Waals surface area (Å²) in [5.74, 6) is 0. The first-order chi connectivity index (χ1) is 8.33. The van der Waals surface area contributed by atoms with Crippen molar-refractivity contribution < 1.29 is 4.74 Å². The summed E-state index contributed by atoms with van der Waals surface area (Å²) in [5, 5.41) is 0. The molecule has 1 aliphatic heterocycles. The van der Waals surface area contributed by atoms with Crippen molar-refractivity contribution in [2.45, 2.75) is 6.10 Å². The Balaban J connectivity index is 2.25. The number of para-hydroxylation sites is 2. The molecule has 0 unspecified atom stereocenters. The van der Waals surface area contributed by atoms with Gasteiger partial charge < -0.3 is 9.64 Å². The summed E-state index contributed by atoms with van der Waals surface area (Å²) in [6, 6.07) is 16.8. The molecule has 0 bridgehead atoms. The molecule has 3 rings (SSSR count). The van der Waals surface area contributed by atoms with Crippen molar-refractivity contribution in [3.63, 3.8) is 0 Å². The van der Waals surface area contributed by atoms with Gasteiger partial charge in [0.2, 0.25) is 0 Å². The average molecular weight is 225 g/mol. The summed E-state index contributed by atoms with van der Waals surface area (Å²) in [6.45, 7) is 0. The van der Waals surface area contributed by atoms with E-state index in [1.165, 1.54) is 22.5 Å². The minimum absolute atomic E-state index is 0.0404. The Morgan fingerprint density at radius 3 is 1.82 bits per heavy atom. The molecule has 0 saturated carbocycles. The van der Waals surface area contributed by atoms with E-state index in [9.17, 15) is 0 Å². The number of anilines is 2. The molecular weight excluding hydrogens is 210 g/mol. The fraction of sp³-hybridized carbons (Fsp3) is 0.200. The molecule has 2 aromatic carbocycles. The lowest BCUT2D eigenvalue weighted by atomic mass is 9.93. The second-order valence-corrected chi connectivity index (χ2v) is 4.29. The summed E-state index contributed by atoms with van der Waals surface area (Å²) in [6.07, 6.45) is 0.0404. The molecule has 2 aromatic rings. The van der Waals surface area contributed by atoms with Gasteiger partial charge in [-0.1, -0.05) is 36.4 Å². The second-order valence-electron chi connectivity index (χ2n) is 4.29. The van der Waals surface area contributed by atoms with E-state index >= 15 is 0 Å². The van der Waals surface area contributed by atoms with Crippen molar-refractivity contribution in [1.29, 1.82) is 0 Å². The molecule has 0 amide bonds. The van der Waals surface area contributed by atoms with Crippen LogP contribution in [-0.4, -0.2) is 14.2 Å². The van der Waals surface area contributed by atoms with Gasteiger partial charge in [-0.15, -0.1) is 0 Å². The normalized spacial score (nSPS) is 14.4. The monoisotopic (exact) mass is 225 g/mol. The van der Waals surface area contributed by atoms with E-state index in [2.05, 4.69) is 60.5 Å². The molecule has 86 valence electrons. The van der Waals surface area contributed by atoms with Crippen LogP contribution in [-0.2, 0) is 4.74 Å². The van der Waals surface area contributed by atoms with E-state index in [0.29, 0.717) is 0 Å². The number of rotatable bonds is 1. The number of ether oxygens (including phenoxy) is 1. The molecule has 0 N–H and O–H groups in total. The Labute approximate surface area is 101 Å². The van der Waals surface area contributed by atoms with E-state index < -0.39 is 0 Å². The first-order valence-corrected chi connectivity index (χ1v) is 5.77. The van der Waals surface area contributed by atoms with Crippen LogP contribution < -0.4 is 4.90 Å². The first-order valence-electron chi connectivity index (χ1n) is 5.77. The Morgan fingerprint density at radius 1 is 0.882 bits per heavy atom. The number of hydrogen-bond acceptors (Lipinski definition) is 2. The van der Waals surface area contributed by atoms with E-state index in [1.807, 2.05) is 0 Å². The van der Waals surface area contributed by atoms with Gasteiger partial charge in [-0.25, -0.2) is 0 Å². The third-order valence-electron chi connectivity index (χ3n) is 3.40. The maximum Gasteiger partial charge on any atom is 0.111 e. The summed E-state index contributed by atoms with van der Waals surface area (Å²) in [4.78, 5) is 2.22. The van der Waals surface area contributed by atoms with Crippen LogP contribution in [0, 0.1) is 0 Å². The van der Waals surface area contributed by atoms with Crippen LogP contribution in [0.4, 0.5) is 11.4 Å². The predicted molar refractivity (Wildman–Crippen MR) is 69.8 cm³/mol. The third-order valence-corrected chi connectivity index (χ3v) is 3.40. The third kappa shape index (κ3) is 1.45. The fourth-order valence-electron chi connectivity index (χ4n) is 2.58. The summed E-state index contributed by atoms with van der Waals surface area (Å²) < 4.78 is 5.67. The van der Waals surface area contributed by atoms with Crippen molar-refractivity contribution in [2.75, 3.05) is 19.1 Å². The van der Waals surface area contributed by atoms with Crippen molar-refractivity contribution in [3.05, 3.63) is 59.7 Å². The molecule has 0 fully saturated rings. The lowest BCUT2D eigenvalue weighted by molar-refractivity contribution is 0.136. The van der Waals surface area contributed by atoms with Gasteiger partial charge >= 0.3 is 0 Å². The molecule has 2 heteroatoms. The molecule has 0 radical (unpaired) electrons. The molecule has 1 heterocycles. The summed E-state index contributed by atoms with van der Waals surface area (Å²) in [5.41, 5.74) is 4.91. The molecule has 0 aromatic heterocycles. The number of hydrogen-bond donors (Lipinski definition) is 0. The van der Waals surface area contributed by atoms with Crippen LogP contribution in [0.15, 0.2) is 48.5 Å². The molecule has 0 aliphatic carbocycles. The lowest BCUT2D eigenvalue weighted by Gasteiger charge is -2.34. The minimum Gasteiger partial charge on any atom is -0.372 e. The average Bonchev–Trinajstić information content (AvgIpc) is 2.40. The SMILES string of the molecule is COC1c2ccccc2N(C)c2ccccc21. The number of fused-ring (bicyclic) bond motifs is 2. The zero-order chi connectivity index (χ0) is 11.8. The number of nitrogens with zero attached hydrogens (tertiary/aromatic N) is 1. The van der Waals surface area contributed by atoms with Crippen LogP contribution >= 0.6 is 0 Å². The van der Waals surface area contributed by atoms with E-state index in [1.54, 1.807) is 7.11 Å². The smallest absolute Gasteiger partial charge is 0.111 e. The number of benzene rings is 2. The Bertz CT molecular complexity index is 503. The zero-order valence-electron chi connectivity index (χ0n) is 10.1. The van der Waals surface area contributed by atoms with Crippen LogP contribution in [0.5, 0.6) is 0 Å². The minimum atomic E-state index is 0.0404. The van der Waals surface area contributed by atoms with Gasteiger partial charge in [0, 0.05) is 36.7 Å². The highest BCUT2D eigenvalue weighted by Crippen LogP contribution is 2.44. The van der Waals surface area contributed by atoms with Crippen molar-refractivity contribution in [3.8, 4) is 0 Å². The molecule has 0 spiro atoms. The van der Waals surface area contributed by atoms with E-state index in [4.69, 9.17) is 4.74 Å². The lowest BCUT2D eigenvalue weighted by Crippen LogP contribution is -2.22.